The van der Waals surface area contributed by atoms with Gasteiger partial charge in [0.25, 0.3) is 0 Å². The SMILES string of the molecule is O=[N+]([O-])c1ccc[nH+]c1NCCSc1ccccc1. The van der Waals surface area contributed by atoms with Crippen LogP contribution in [0.5, 0.6) is 0 Å². The number of anilines is 1. The number of thioether (sulfide) groups is 1. The molecule has 0 fully saturated rings. The molecule has 0 atom stereocenters. The van der Waals surface area contributed by atoms with E-state index in [1.807, 2.05) is 30.3 Å². The lowest BCUT2D eigenvalue weighted by molar-refractivity contribution is -0.409. The second kappa shape index (κ2) is 6.75. The lowest BCUT2D eigenvalue weighted by Gasteiger charge is -2.00. The smallest absolute Gasteiger partial charge is 0.268 e. The Kier molecular flexibility index (Phi) is 4.74. The average molecular weight is 276 g/mol. The number of aromatic nitrogens is 1. The van der Waals surface area contributed by atoms with Crippen molar-refractivity contribution in [2.24, 2.45) is 0 Å². The first kappa shape index (κ1) is 13.4. The maximum Gasteiger partial charge on any atom is 0.357 e. The van der Waals surface area contributed by atoms with Crippen molar-refractivity contribution in [1.29, 1.82) is 0 Å². The summed E-state index contributed by atoms with van der Waals surface area (Å²) in [6, 6.07) is 13.1. The van der Waals surface area contributed by atoms with E-state index in [1.54, 1.807) is 24.0 Å². The predicted octanol–water partition coefficient (Wildman–Crippen LogP) is 2.61. The molecule has 2 rings (SSSR count). The fourth-order valence-electron chi connectivity index (χ4n) is 1.58. The number of rotatable bonds is 6. The van der Waals surface area contributed by atoms with E-state index >= 15 is 0 Å². The van der Waals surface area contributed by atoms with Crippen molar-refractivity contribution in [2.45, 2.75) is 4.90 Å². The van der Waals surface area contributed by atoms with Gasteiger partial charge in [-0.3, -0.25) is 15.4 Å². The van der Waals surface area contributed by atoms with Crippen molar-refractivity contribution in [3.8, 4) is 0 Å². The van der Waals surface area contributed by atoms with Gasteiger partial charge in [0.2, 0.25) is 0 Å². The largest absolute Gasteiger partial charge is 0.357 e. The van der Waals surface area contributed by atoms with E-state index in [0.29, 0.717) is 12.4 Å². The van der Waals surface area contributed by atoms with Gasteiger partial charge in [-0.2, -0.15) is 0 Å². The highest BCUT2D eigenvalue weighted by molar-refractivity contribution is 7.99. The summed E-state index contributed by atoms with van der Waals surface area (Å²) in [4.78, 5) is 14.5. The highest BCUT2D eigenvalue weighted by Gasteiger charge is 2.18. The molecule has 0 unspecified atom stereocenters. The van der Waals surface area contributed by atoms with Crippen LogP contribution in [-0.4, -0.2) is 17.2 Å². The summed E-state index contributed by atoms with van der Waals surface area (Å²) < 4.78 is 0. The zero-order chi connectivity index (χ0) is 13.5. The van der Waals surface area contributed by atoms with Gasteiger partial charge in [0.05, 0.1) is 17.7 Å². The van der Waals surface area contributed by atoms with Crippen LogP contribution in [0.3, 0.4) is 0 Å². The number of H-pyrrole nitrogens is 1. The lowest BCUT2D eigenvalue weighted by Crippen LogP contribution is -2.16. The fourth-order valence-corrected chi connectivity index (χ4v) is 2.37. The van der Waals surface area contributed by atoms with Crippen molar-refractivity contribution in [3.63, 3.8) is 0 Å². The average Bonchev–Trinajstić information content (AvgIpc) is 2.45. The molecule has 0 aliphatic heterocycles. The van der Waals surface area contributed by atoms with Gasteiger partial charge < -0.3 is 0 Å². The van der Waals surface area contributed by atoms with Crippen LogP contribution >= 0.6 is 11.8 Å². The third-order valence-corrected chi connectivity index (χ3v) is 3.46. The molecule has 1 aromatic carbocycles. The third-order valence-electron chi connectivity index (χ3n) is 2.45. The lowest BCUT2D eigenvalue weighted by atomic mass is 10.4. The molecule has 0 saturated heterocycles. The summed E-state index contributed by atoms with van der Waals surface area (Å²) in [5, 5.41) is 13.9. The summed E-state index contributed by atoms with van der Waals surface area (Å²) in [5.41, 5.74) is 0.0622. The molecule has 1 heterocycles. The second-order valence-corrected chi connectivity index (χ2v) is 4.94. The number of benzene rings is 1. The molecule has 98 valence electrons. The summed E-state index contributed by atoms with van der Waals surface area (Å²) in [6.45, 7) is 0.654. The quantitative estimate of drug-likeness (QED) is 0.381. The number of nitrogens with zero attached hydrogens (tertiary/aromatic N) is 1. The molecule has 0 aliphatic carbocycles. The standard InChI is InChI=1S/C13H13N3O2S/c17-16(18)12-7-4-8-14-13(12)15-9-10-19-11-5-2-1-3-6-11/h1-8H,9-10H2,(H,14,15)/p+1. The number of hydrogen-bond acceptors (Lipinski definition) is 4. The molecule has 0 saturated carbocycles. The predicted molar refractivity (Wildman–Crippen MR) is 75.3 cm³/mol. The van der Waals surface area contributed by atoms with Gasteiger partial charge >= 0.3 is 11.5 Å². The number of nitrogens with one attached hydrogen (secondary N) is 2. The molecule has 2 N–H and O–H groups in total. The summed E-state index contributed by atoms with van der Waals surface area (Å²) in [6.07, 6.45) is 1.67. The molecule has 0 radical (unpaired) electrons. The number of nitro groups is 1. The Morgan fingerprint density at radius 2 is 2.00 bits per heavy atom. The van der Waals surface area contributed by atoms with Gasteiger partial charge in [-0.1, -0.05) is 18.2 Å². The molecule has 6 heteroatoms. The summed E-state index contributed by atoms with van der Waals surface area (Å²) in [7, 11) is 0. The molecule has 0 spiro atoms. The van der Waals surface area contributed by atoms with Crippen LogP contribution in [0.2, 0.25) is 0 Å². The van der Waals surface area contributed by atoms with Crippen LogP contribution in [-0.2, 0) is 0 Å². The molecular formula is C13H14N3O2S+. The van der Waals surface area contributed by atoms with Crippen molar-refractivity contribution in [1.82, 2.24) is 0 Å². The van der Waals surface area contributed by atoms with E-state index < -0.39 is 4.92 Å². The normalized spacial score (nSPS) is 10.1. The minimum atomic E-state index is -0.400. The number of pyridine rings is 1. The minimum absolute atomic E-state index is 0.0622. The van der Waals surface area contributed by atoms with Crippen LogP contribution in [0.15, 0.2) is 53.6 Å². The van der Waals surface area contributed by atoms with Gasteiger partial charge in [0.1, 0.15) is 0 Å². The molecule has 2 aromatic rings. The number of hydrogen-bond donors (Lipinski definition) is 1. The molecule has 0 bridgehead atoms. The Morgan fingerprint density at radius 3 is 2.74 bits per heavy atom. The van der Waals surface area contributed by atoms with E-state index in [4.69, 9.17) is 0 Å². The zero-order valence-corrected chi connectivity index (χ0v) is 11.0. The van der Waals surface area contributed by atoms with Gasteiger partial charge in [-0.25, -0.2) is 4.98 Å². The monoisotopic (exact) mass is 276 g/mol. The molecule has 0 amide bonds. The first-order valence-electron chi connectivity index (χ1n) is 5.84. The molecule has 1 aromatic heterocycles. The van der Waals surface area contributed by atoms with Crippen molar-refractivity contribution < 1.29 is 9.91 Å². The first-order valence-corrected chi connectivity index (χ1v) is 6.83. The van der Waals surface area contributed by atoms with E-state index in [2.05, 4.69) is 10.3 Å². The molecular weight excluding hydrogens is 262 g/mol. The van der Waals surface area contributed by atoms with E-state index in [9.17, 15) is 10.1 Å². The second-order valence-electron chi connectivity index (χ2n) is 3.78. The Bertz CT molecular complexity index is 549. The van der Waals surface area contributed by atoms with Crippen LogP contribution in [0.4, 0.5) is 11.5 Å². The summed E-state index contributed by atoms with van der Waals surface area (Å²) >= 11 is 1.71. The fraction of sp³-hybridized carbons (Fsp3) is 0.154. The highest BCUT2D eigenvalue weighted by atomic mass is 32.2. The Balaban J connectivity index is 1.85. The van der Waals surface area contributed by atoms with Gasteiger partial charge in [-0.15, -0.1) is 11.8 Å². The maximum atomic E-state index is 10.8. The van der Waals surface area contributed by atoms with E-state index in [-0.39, 0.29) is 5.69 Å². The van der Waals surface area contributed by atoms with Crippen LogP contribution in [0, 0.1) is 10.1 Å². The van der Waals surface area contributed by atoms with Crippen LogP contribution < -0.4 is 10.3 Å². The molecule has 19 heavy (non-hydrogen) atoms. The van der Waals surface area contributed by atoms with Gasteiger partial charge in [-0.05, 0) is 18.2 Å². The van der Waals surface area contributed by atoms with E-state index in [1.165, 1.54) is 11.0 Å². The van der Waals surface area contributed by atoms with Crippen LogP contribution in [0.1, 0.15) is 0 Å². The Hall–Kier alpha value is -2.08. The van der Waals surface area contributed by atoms with Crippen molar-refractivity contribution >= 4 is 23.3 Å². The van der Waals surface area contributed by atoms with Crippen molar-refractivity contribution in [2.75, 3.05) is 17.6 Å². The van der Waals surface area contributed by atoms with Gasteiger partial charge in [0, 0.05) is 16.7 Å². The summed E-state index contributed by atoms with van der Waals surface area (Å²) in [5.74, 6) is 1.28. The Morgan fingerprint density at radius 1 is 1.21 bits per heavy atom. The third kappa shape index (κ3) is 3.96. The van der Waals surface area contributed by atoms with Crippen LogP contribution in [0.25, 0.3) is 0 Å². The highest BCUT2D eigenvalue weighted by Crippen LogP contribution is 2.19. The number of aromatic amines is 1. The molecule has 0 aliphatic rings. The zero-order valence-electron chi connectivity index (χ0n) is 10.2. The first-order chi connectivity index (χ1) is 9.27. The Labute approximate surface area is 115 Å². The van der Waals surface area contributed by atoms with Gasteiger partial charge in [0.15, 0.2) is 0 Å². The van der Waals surface area contributed by atoms with E-state index in [0.717, 1.165) is 5.75 Å². The maximum absolute atomic E-state index is 10.8. The minimum Gasteiger partial charge on any atom is -0.268 e. The molecule has 5 nitrogen and oxygen atoms in total. The van der Waals surface area contributed by atoms with Crippen molar-refractivity contribution in [3.05, 3.63) is 58.8 Å². The topological polar surface area (TPSA) is 69.3 Å².